The number of amides is 1. The van der Waals surface area contributed by atoms with Crippen molar-refractivity contribution in [1.82, 2.24) is 14.4 Å². The summed E-state index contributed by atoms with van der Waals surface area (Å²) in [5.41, 5.74) is 4.72. The lowest BCUT2D eigenvalue weighted by Crippen LogP contribution is -2.53. The molecule has 184 valence electrons. The van der Waals surface area contributed by atoms with E-state index in [2.05, 4.69) is 33.7 Å². The SMILES string of the molecule is CCc1c(C(=O)N2CCN([C@@H]3CCc4ccccc4C3)CC2)c(=O)cc(C)n1Cc1ccc(C)o1. The Bertz CT molecular complexity index is 1280. The average molecular weight is 474 g/mol. The number of benzene rings is 1. The monoisotopic (exact) mass is 473 g/mol. The normalized spacial score (nSPS) is 18.5. The van der Waals surface area contributed by atoms with Crippen LogP contribution in [0.25, 0.3) is 0 Å². The minimum atomic E-state index is -0.178. The second kappa shape index (κ2) is 9.86. The van der Waals surface area contributed by atoms with Crippen molar-refractivity contribution in [3.63, 3.8) is 0 Å². The molecule has 3 aromatic rings. The van der Waals surface area contributed by atoms with Gasteiger partial charge >= 0.3 is 0 Å². The van der Waals surface area contributed by atoms with E-state index in [4.69, 9.17) is 4.42 Å². The zero-order chi connectivity index (χ0) is 24.5. The largest absolute Gasteiger partial charge is 0.464 e. The fourth-order valence-corrected chi connectivity index (χ4v) is 5.81. The maximum atomic E-state index is 13.6. The van der Waals surface area contributed by atoms with Crippen LogP contribution in [-0.2, 0) is 25.8 Å². The summed E-state index contributed by atoms with van der Waals surface area (Å²) in [6.07, 6.45) is 3.98. The van der Waals surface area contributed by atoms with Crippen molar-refractivity contribution < 1.29 is 9.21 Å². The maximum Gasteiger partial charge on any atom is 0.259 e. The lowest BCUT2D eigenvalue weighted by Gasteiger charge is -2.41. The van der Waals surface area contributed by atoms with Gasteiger partial charge in [-0.3, -0.25) is 14.5 Å². The smallest absolute Gasteiger partial charge is 0.259 e. The maximum absolute atomic E-state index is 13.6. The first-order valence-corrected chi connectivity index (χ1v) is 12.8. The summed E-state index contributed by atoms with van der Waals surface area (Å²) in [6.45, 7) is 9.39. The molecular formula is C29H35N3O3. The molecule has 5 rings (SSSR count). The summed E-state index contributed by atoms with van der Waals surface area (Å²) in [7, 11) is 0. The highest BCUT2D eigenvalue weighted by molar-refractivity contribution is 5.95. The van der Waals surface area contributed by atoms with Gasteiger partial charge in [0.25, 0.3) is 5.91 Å². The third-order valence-corrected chi connectivity index (χ3v) is 7.72. The van der Waals surface area contributed by atoms with Gasteiger partial charge in [-0.05, 0) is 62.8 Å². The van der Waals surface area contributed by atoms with Gasteiger partial charge in [0.1, 0.15) is 17.1 Å². The van der Waals surface area contributed by atoms with Gasteiger partial charge in [0.05, 0.1) is 6.54 Å². The van der Waals surface area contributed by atoms with Crippen LogP contribution in [0.1, 0.15) is 57.7 Å². The number of rotatable bonds is 5. The van der Waals surface area contributed by atoms with E-state index >= 15 is 0 Å². The van der Waals surface area contributed by atoms with Crippen LogP contribution in [0.15, 0.2) is 51.7 Å². The summed E-state index contributed by atoms with van der Waals surface area (Å²) >= 11 is 0. The van der Waals surface area contributed by atoms with Crippen LogP contribution < -0.4 is 5.43 Å². The molecule has 1 aromatic carbocycles. The topological polar surface area (TPSA) is 58.7 Å². The molecule has 0 N–H and O–H groups in total. The van der Waals surface area contributed by atoms with E-state index in [0.29, 0.717) is 37.7 Å². The number of fused-ring (bicyclic) bond motifs is 1. The van der Waals surface area contributed by atoms with Gasteiger partial charge in [-0.25, -0.2) is 0 Å². The zero-order valence-electron chi connectivity index (χ0n) is 21.0. The van der Waals surface area contributed by atoms with Crippen LogP contribution in [0.5, 0.6) is 0 Å². The first-order chi connectivity index (χ1) is 16.9. The van der Waals surface area contributed by atoms with E-state index in [-0.39, 0.29) is 11.3 Å². The van der Waals surface area contributed by atoms with Crippen molar-refractivity contribution in [2.45, 2.75) is 59.0 Å². The van der Waals surface area contributed by atoms with E-state index < -0.39 is 0 Å². The fraction of sp³-hybridized carbons (Fsp3) is 0.448. The van der Waals surface area contributed by atoms with Crippen molar-refractivity contribution in [2.75, 3.05) is 26.2 Å². The predicted molar refractivity (Wildman–Crippen MR) is 137 cm³/mol. The molecule has 6 heteroatoms. The summed E-state index contributed by atoms with van der Waals surface area (Å²) in [5.74, 6) is 1.54. The summed E-state index contributed by atoms with van der Waals surface area (Å²) in [4.78, 5) is 31.1. The van der Waals surface area contributed by atoms with Crippen molar-refractivity contribution in [3.05, 3.63) is 92.3 Å². The minimum absolute atomic E-state index is 0.134. The molecule has 1 aliphatic heterocycles. The molecule has 1 saturated heterocycles. The number of hydrogen-bond acceptors (Lipinski definition) is 4. The van der Waals surface area contributed by atoms with E-state index in [1.165, 1.54) is 17.5 Å². The number of aryl methyl sites for hydroxylation is 3. The van der Waals surface area contributed by atoms with Crippen LogP contribution in [0.3, 0.4) is 0 Å². The molecule has 0 radical (unpaired) electrons. The zero-order valence-corrected chi connectivity index (χ0v) is 21.0. The van der Waals surface area contributed by atoms with Gasteiger partial charge in [-0.1, -0.05) is 31.2 Å². The standard InChI is InChI=1S/C29H35N3O3/c1-4-26-28(27(33)17-20(2)32(26)19-25-12-9-21(3)35-25)29(34)31-15-13-30(14-16-31)24-11-10-22-7-5-6-8-23(22)18-24/h5-9,12,17,24H,4,10-11,13-16,18-19H2,1-3H3/t24-/m1/s1. The number of hydrogen-bond donors (Lipinski definition) is 0. The molecule has 1 atom stereocenters. The van der Waals surface area contributed by atoms with E-state index in [1.807, 2.05) is 37.8 Å². The minimum Gasteiger partial charge on any atom is -0.464 e. The number of piperazine rings is 1. The Morgan fingerprint density at radius 3 is 2.46 bits per heavy atom. The second-order valence-electron chi connectivity index (χ2n) is 9.92. The average Bonchev–Trinajstić information content (AvgIpc) is 3.29. The van der Waals surface area contributed by atoms with Crippen LogP contribution in [0.4, 0.5) is 0 Å². The Kier molecular flexibility index (Phi) is 6.65. The molecule has 6 nitrogen and oxygen atoms in total. The molecule has 0 spiro atoms. The first kappa shape index (κ1) is 23.6. The number of aromatic nitrogens is 1. The summed E-state index contributed by atoms with van der Waals surface area (Å²) in [6, 6.07) is 14.8. The lowest BCUT2D eigenvalue weighted by molar-refractivity contribution is 0.0550. The third kappa shape index (κ3) is 4.72. The molecule has 0 unspecified atom stereocenters. The highest BCUT2D eigenvalue weighted by atomic mass is 16.3. The van der Waals surface area contributed by atoms with Gasteiger partial charge in [-0.2, -0.15) is 0 Å². The van der Waals surface area contributed by atoms with Crippen molar-refractivity contribution in [3.8, 4) is 0 Å². The van der Waals surface area contributed by atoms with Gasteiger partial charge in [0, 0.05) is 49.7 Å². The van der Waals surface area contributed by atoms with Crippen molar-refractivity contribution in [2.24, 2.45) is 0 Å². The van der Waals surface area contributed by atoms with Crippen LogP contribution in [-0.4, -0.2) is 52.5 Å². The number of pyridine rings is 1. The molecule has 0 saturated carbocycles. The van der Waals surface area contributed by atoms with Crippen LogP contribution in [0.2, 0.25) is 0 Å². The molecular weight excluding hydrogens is 438 g/mol. The Labute approximate surface area is 207 Å². The summed E-state index contributed by atoms with van der Waals surface area (Å²) in [5, 5.41) is 0. The Hall–Kier alpha value is -3.12. The number of carbonyl (C=O) groups excluding carboxylic acids is 1. The van der Waals surface area contributed by atoms with Gasteiger partial charge in [0.15, 0.2) is 5.43 Å². The molecule has 35 heavy (non-hydrogen) atoms. The summed E-state index contributed by atoms with van der Waals surface area (Å²) < 4.78 is 7.84. The van der Waals surface area contributed by atoms with Crippen LogP contribution >= 0.6 is 0 Å². The second-order valence-corrected chi connectivity index (χ2v) is 9.92. The molecule has 3 heterocycles. The van der Waals surface area contributed by atoms with Crippen molar-refractivity contribution in [1.29, 1.82) is 0 Å². The van der Waals surface area contributed by atoms with E-state index in [9.17, 15) is 9.59 Å². The molecule has 2 aliphatic rings. The lowest BCUT2D eigenvalue weighted by atomic mass is 9.87. The molecule has 0 bridgehead atoms. The van der Waals surface area contributed by atoms with E-state index in [1.54, 1.807) is 6.07 Å². The van der Waals surface area contributed by atoms with Gasteiger partial charge in [0.2, 0.25) is 0 Å². The number of furan rings is 1. The molecule has 1 fully saturated rings. The predicted octanol–water partition coefficient (Wildman–Crippen LogP) is 3.98. The van der Waals surface area contributed by atoms with Gasteiger partial charge in [-0.15, -0.1) is 0 Å². The third-order valence-electron chi connectivity index (χ3n) is 7.72. The molecule has 1 amide bonds. The number of nitrogens with zero attached hydrogens (tertiary/aromatic N) is 3. The highest BCUT2D eigenvalue weighted by Gasteiger charge is 2.31. The number of carbonyl (C=O) groups is 1. The first-order valence-electron chi connectivity index (χ1n) is 12.8. The fourth-order valence-electron chi connectivity index (χ4n) is 5.81. The molecule has 1 aliphatic carbocycles. The highest BCUT2D eigenvalue weighted by Crippen LogP contribution is 2.25. The van der Waals surface area contributed by atoms with E-state index in [0.717, 1.165) is 48.8 Å². The van der Waals surface area contributed by atoms with Crippen molar-refractivity contribution >= 4 is 5.91 Å². The molecule has 2 aromatic heterocycles. The quantitative estimate of drug-likeness (QED) is 0.562. The Morgan fingerprint density at radius 2 is 1.77 bits per heavy atom. The van der Waals surface area contributed by atoms with Crippen LogP contribution in [0, 0.1) is 13.8 Å². The Morgan fingerprint density at radius 1 is 1.03 bits per heavy atom. The Balaban J connectivity index is 1.32. The van der Waals surface area contributed by atoms with Gasteiger partial charge < -0.3 is 13.9 Å².